The molecule has 1 atom stereocenters. The highest BCUT2D eigenvalue weighted by molar-refractivity contribution is 5.84. The highest BCUT2D eigenvalue weighted by atomic mass is 16.5. The van der Waals surface area contributed by atoms with Crippen molar-refractivity contribution in [1.29, 1.82) is 0 Å². The first kappa shape index (κ1) is 15.5. The Bertz CT molecular complexity index is 509. The summed E-state index contributed by atoms with van der Waals surface area (Å²) >= 11 is 0. The SMILES string of the molecule is CC1(C)CCCN1C(=O)[C@H](c1ccccc1)N1CCOCC1. The summed E-state index contributed by atoms with van der Waals surface area (Å²) in [5, 5.41) is 0. The predicted molar refractivity (Wildman–Crippen MR) is 86.6 cm³/mol. The van der Waals surface area contributed by atoms with Gasteiger partial charge in [0.05, 0.1) is 13.2 Å². The molecule has 2 aliphatic heterocycles. The van der Waals surface area contributed by atoms with Gasteiger partial charge in [-0.25, -0.2) is 0 Å². The minimum atomic E-state index is -0.178. The molecule has 2 fully saturated rings. The molecule has 0 bridgehead atoms. The lowest BCUT2D eigenvalue weighted by Gasteiger charge is -2.40. The first-order valence-electron chi connectivity index (χ1n) is 8.28. The maximum atomic E-state index is 13.3. The van der Waals surface area contributed by atoms with Gasteiger partial charge in [-0.2, -0.15) is 0 Å². The normalized spacial score (nSPS) is 23.5. The molecule has 120 valence electrons. The molecule has 2 heterocycles. The van der Waals surface area contributed by atoms with Crippen molar-refractivity contribution in [3.05, 3.63) is 35.9 Å². The molecule has 3 rings (SSSR count). The van der Waals surface area contributed by atoms with E-state index >= 15 is 0 Å². The van der Waals surface area contributed by atoms with E-state index in [2.05, 4.69) is 35.8 Å². The van der Waals surface area contributed by atoms with E-state index in [-0.39, 0.29) is 17.5 Å². The first-order chi connectivity index (χ1) is 10.6. The van der Waals surface area contributed by atoms with Gasteiger partial charge in [-0.15, -0.1) is 0 Å². The van der Waals surface area contributed by atoms with Crippen LogP contribution in [0.25, 0.3) is 0 Å². The Morgan fingerprint density at radius 3 is 2.41 bits per heavy atom. The molecule has 2 aliphatic rings. The molecule has 0 radical (unpaired) electrons. The van der Waals surface area contributed by atoms with Crippen LogP contribution in [0.4, 0.5) is 0 Å². The van der Waals surface area contributed by atoms with Crippen molar-refractivity contribution >= 4 is 5.91 Å². The van der Waals surface area contributed by atoms with E-state index in [1.807, 2.05) is 18.2 Å². The standard InChI is InChI=1S/C18H26N2O2/c1-18(2)9-6-10-20(18)17(21)16(15-7-4-3-5-8-15)19-11-13-22-14-12-19/h3-5,7-8,16H,6,9-14H2,1-2H3/t16-/m0/s1. The Morgan fingerprint density at radius 1 is 1.14 bits per heavy atom. The molecule has 0 N–H and O–H groups in total. The van der Waals surface area contributed by atoms with Gasteiger partial charge in [0.1, 0.15) is 6.04 Å². The van der Waals surface area contributed by atoms with Crippen LogP contribution in [0, 0.1) is 0 Å². The second-order valence-corrected chi connectivity index (χ2v) is 6.87. The van der Waals surface area contributed by atoms with Gasteiger partial charge in [-0.3, -0.25) is 9.69 Å². The molecule has 0 aromatic heterocycles. The summed E-state index contributed by atoms with van der Waals surface area (Å²) in [5.41, 5.74) is 1.06. The summed E-state index contributed by atoms with van der Waals surface area (Å²) in [6, 6.07) is 10.0. The van der Waals surface area contributed by atoms with E-state index in [9.17, 15) is 4.79 Å². The third-order valence-corrected chi connectivity index (χ3v) is 4.93. The van der Waals surface area contributed by atoms with Crippen molar-refractivity contribution in [2.75, 3.05) is 32.8 Å². The zero-order chi connectivity index (χ0) is 15.6. The van der Waals surface area contributed by atoms with Crippen LogP contribution in [0.2, 0.25) is 0 Å². The highest BCUT2D eigenvalue weighted by Crippen LogP contribution is 2.33. The van der Waals surface area contributed by atoms with Crippen LogP contribution in [0.15, 0.2) is 30.3 Å². The van der Waals surface area contributed by atoms with Crippen LogP contribution in [0.5, 0.6) is 0 Å². The van der Waals surface area contributed by atoms with Crippen LogP contribution in [-0.4, -0.2) is 54.1 Å². The third kappa shape index (κ3) is 3.03. The summed E-state index contributed by atoms with van der Waals surface area (Å²) in [6.07, 6.45) is 2.19. The van der Waals surface area contributed by atoms with E-state index in [1.165, 1.54) is 0 Å². The molecule has 0 aliphatic carbocycles. The van der Waals surface area contributed by atoms with E-state index < -0.39 is 0 Å². The van der Waals surface area contributed by atoms with Crippen LogP contribution in [0.1, 0.15) is 38.3 Å². The largest absolute Gasteiger partial charge is 0.379 e. The Balaban J connectivity index is 1.89. The van der Waals surface area contributed by atoms with Gasteiger partial charge in [-0.1, -0.05) is 30.3 Å². The fourth-order valence-electron chi connectivity index (χ4n) is 3.64. The Hall–Kier alpha value is -1.39. The van der Waals surface area contributed by atoms with E-state index in [4.69, 9.17) is 4.74 Å². The van der Waals surface area contributed by atoms with Crippen LogP contribution in [-0.2, 0) is 9.53 Å². The van der Waals surface area contributed by atoms with E-state index in [1.54, 1.807) is 0 Å². The number of benzene rings is 1. The van der Waals surface area contributed by atoms with Crippen molar-refractivity contribution in [2.45, 2.75) is 38.3 Å². The monoisotopic (exact) mass is 302 g/mol. The Morgan fingerprint density at radius 2 is 1.82 bits per heavy atom. The van der Waals surface area contributed by atoms with Gasteiger partial charge in [0, 0.05) is 25.2 Å². The fraction of sp³-hybridized carbons (Fsp3) is 0.611. The first-order valence-corrected chi connectivity index (χ1v) is 8.28. The van der Waals surface area contributed by atoms with Crippen molar-refractivity contribution in [1.82, 2.24) is 9.80 Å². The van der Waals surface area contributed by atoms with Crippen molar-refractivity contribution in [3.8, 4) is 0 Å². The summed E-state index contributed by atoms with van der Waals surface area (Å²) in [4.78, 5) is 17.7. The van der Waals surface area contributed by atoms with Crippen LogP contribution >= 0.6 is 0 Å². The molecule has 0 unspecified atom stereocenters. The molecule has 1 aromatic carbocycles. The minimum absolute atomic E-state index is 0.0313. The van der Waals surface area contributed by atoms with Gasteiger partial charge in [0.2, 0.25) is 5.91 Å². The predicted octanol–water partition coefficient (Wildman–Crippen LogP) is 2.46. The smallest absolute Gasteiger partial charge is 0.244 e. The molecule has 4 heteroatoms. The Kier molecular flexibility index (Phi) is 4.50. The average molecular weight is 302 g/mol. The third-order valence-electron chi connectivity index (χ3n) is 4.93. The fourth-order valence-corrected chi connectivity index (χ4v) is 3.64. The van der Waals surface area contributed by atoms with Gasteiger partial charge in [0.15, 0.2) is 0 Å². The number of morpholine rings is 1. The number of hydrogen-bond donors (Lipinski definition) is 0. The molecule has 0 saturated carbocycles. The zero-order valence-corrected chi connectivity index (χ0v) is 13.6. The zero-order valence-electron chi connectivity index (χ0n) is 13.6. The lowest BCUT2D eigenvalue weighted by molar-refractivity contribution is -0.142. The Labute approximate surface area is 133 Å². The van der Waals surface area contributed by atoms with Crippen LogP contribution in [0.3, 0.4) is 0 Å². The highest BCUT2D eigenvalue weighted by Gasteiger charge is 2.40. The molecule has 1 amide bonds. The second-order valence-electron chi connectivity index (χ2n) is 6.87. The van der Waals surface area contributed by atoms with Gasteiger partial charge >= 0.3 is 0 Å². The lowest BCUT2D eigenvalue weighted by atomic mass is 9.98. The number of carbonyl (C=O) groups excluding carboxylic acids is 1. The number of likely N-dealkylation sites (tertiary alicyclic amines) is 1. The van der Waals surface area contributed by atoms with Crippen LogP contribution < -0.4 is 0 Å². The summed E-state index contributed by atoms with van der Waals surface area (Å²) in [7, 11) is 0. The molecule has 1 aromatic rings. The number of hydrogen-bond acceptors (Lipinski definition) is 3. The number of carbonyl (C=O) groups is 1. The van der Waals surface area contributed by atoms with E-state index in [0.717, 1.165) is 38.0 Å². The number of rotatable bonds is 3. The molecule has 4 nitrogen and oxygen atoms in total. The molecule has 22 heavy (non-hydrogen) atoms. The number of ether oxygens (including phenoxy) is 1. The number of amides is 1. The van der Waals surface area contributed by atoms with Gasteiger partial charge in [-0.05, 0) is 32.3 Å². The summed E-state index contributed by atoms with van der Waals surface area (Å²) in [5.74, 6) is 0.246. The molecular formula is C18H26N2O2. The summed E-state index contributed by atoms with van der Waals surface area (Å²) in [6.45, 7) is 8.29. The summed E-state index contributed by atoms with van der Waals surface area (Å²) < 4.78 is 5.47. The maximum Gasteiger partial charge on any atom is 0.244 e. The van der Waals surface area contributed by atoms with Gasteiger partial charge < -0.3 is 9.64 Å². The van der Waals surface area contributed by atoms with Crippen molar-refractivity contribution < 1.29 is 9.53 Å². The number of nitrogens with zero attached hydrogens (tertiary/aromatic N) is 2. The average Bonchev–Trinajstić information content (AvgIpc) is 2.89. The van der Waals surface area contributed by atoms with Crippen molar-refractivity contribution in [3.63, 3.8) is 0 Å². The topological polar surface area (TPSA) is 32.8 Å². The van der Waals surface area contributed by atoms with E-state index in [0.29, 0.717) is 13.2 Å². The van der Waals surface area contributed by atoms with Gasteiger partial charge in [0.25, 0.3) is 0 Å². The second kappa shape index (κ2) is 6.39. The molecule has 0 spiro atoms. The molecule has 2 saturated heterocycles. The lowest BCUT2D eigenvalue weighted by Crippen LogP contribution is -2.51. The maximum absolute atomic E-state index is 13.3. The minimum Gasteiger partial charge on any atom is -0.379 e. The molecular weight excluding hydrogens is 276 g/mol. The quantitative estimate of drug-likeness (QED) is 0.860. The van der Waals surface area contributed by atoms with Crippen molar-refractivity contribution in [2.24, 2.45) is 0 Å².